The van der Waals surface area contributed by atoms with Crippen LogP contribution in [0.2, 0.25) is 0 Å². The van der Waals surface area contributed by atoms with Crippen LogP contribution in [0.1, 0.15) is 72.3 Å². The van der Waals surface area contributed by atoms with E-state index < -0.39 is 30.0 Å². The van der Waals surface area contributed by atoms with Gasteiger partial charge in [-0.3, -0.25) is 9.59 Å². The number of nitrogens with one attached hydrogen (secondary N) is 3. The van der Waals surface area contributed by atoms with Crippen molar-refractivity contribution in [2.24, 2.45) is 0 Å². The Labute approximate surface area is 337 Å². The molecule has 302 valence electrons. The van der Waals surface area contributed by atoms with E-state index >= 15 is 0 Å². The molecule has 3 atom stereocenters. The molecule has 3 amide bonds. The lowest BCUT2D eigenvalue weighted by molar-refractivity contribution is -0.140. The van der Waals surface area contributed by atoms with E-state index in [4.69, 9.17) is 4.74 Å². The number of alkyl carbamates (subject to hydrolysis) is 1. The monoisotopic (exact) mass is 803 g/mol. The Morgan fingerprint density at radius 1 is 0.780 bits per heavy atom. The zero-order chi connectivity index (χ0) is 41.1. The Balaban J connectivity index is 0.970. The summed E-state index contributed by atoms with van der Waals surface area (Å²) in [5.41, 5.74) is 2.34. The van der Waals surface area contributed by atoms with Crippen LogP contribution in [0.25, 0.3) is 33.9 Å². The highest BCUT2D eigenvalue weighted by molar-refractivity contribution is 5.87. The van der Waals surface area contributed by atoms with Gasteiger partial charge in [0.2, 0.25) is 5.91 Å². The summed E-state index contributed by atoms with van der Waals surface area (Å²) >= 11 is 0. The van der Waals surface area contributed by atoms with Gasteiger partial charge in [0.25, 0.3) is 5.91 Å². The molecule has 0 radical (unpaired) electrons. The summed E-state index contributed by atoms with van der Waals surface area (Å²) in [7, 11) is 1.24. The number of nitrogens with zero attached hydrogens (tertiary/aromatic N) is 6. The van der Waals surface area contributed by atoms with Crippen molar-refractivity contribution in [3.05, 3.63) is 132 Å². The number of imidazole rings is 2. The smallest absolute Gasteiger partial charge is 0.433 e. The van der Waals surface area contributed by atoms with Crippen molar-refractivity contribution in [2.75, 3.05) is 20.2 Å². The second-order valence-electron chi connectivity index (χ2n) is 14.5. The number of benzene rings is 3. The minimum Gasteiger partial charge on any atom is -0.453 e. The Morgan fingerprint density at radius 3 is 2.07 bits per heavy atom. The molecule has 3 aromatic heterocycles. The number of hydrogen-bond acceptors (Lipinski definition) is 8. The van der Waals surface area contributed by atoms with Crippen LogP contribution in [0.4, 0.5) is 18.0 Å². The summed E-state index contributed by atoms with van der Waals surface area (Å²) in [6.07, 6.45) is 2.18. The number of methoxy groups -OCH3 is 1. The first kappa shape index (κ1) is 39.0. The first-order valence-electron chi connectivity index (χ1n) is 19.3. The zero-order valence-corrected chi connectivity index (χ0v) is 31.9. The van der Waals surface area contributed by atoms with Crippen molar-refractivity contribution in [1.82, 2.24) is 45.0 Å². The quantitative estimate of drug-likeness (QED) is 0.128. The summed E-state index contributed by atoms with van der Waals surface area (Å²) in [5.74, 6) is 0.596. The number of likely N-dealkylation sites (tertiary alicyclic amines) is 2. The maximum Gasteiger partial charge on any atom is 0.433 e. The fourth-order valence-electron chi connectivity index (χ4n) is 7.82. The van der Waals surface area contributed by atoms with Gasteiger partial charge in [0.15, 0.2) is 5.82 Å². The van der Waals surface area contributed by atoms with Gasteiger partial charge in [-0.2, -0.15) is 13.2 Å². The van der Waals surface area contributed by atoms with Crippen LogP contribution in [-0.2, 0) is 26.9 Å². The normalized spacial score (nSPS) is 17.2. The number of H-pyrrole nitrogens is 2. The van der Waals surface area contributed by atoms with Crippen molar-refractivity contribution < 1.29 is 32.3 Å². The van der Waals surface area contributed by atoms with Crippen LogP contribution in [0.5, 0.6) is 0 Å². The predicted molar refractivity (Wildman–Crippen MR) is 210 cm³/mol. The third kappa shape index (κ3) is 8.29. The van der Waals surface area contributed by atoms with E-state index in [2.05, 4.69) is 35.2 Å². The van der Waals surface area contributed by atoms with Crippen LogP contribution in [0, 0.1) is 0 Å². The Morgan fingerprint density at radius 2 is 1.41 bits per heavy atom. The standard InChI is InChI=1S/C43H40F3N9O4/c1-59-42(58)52-36(27-12-6-3-7-13-27)41(57)55-21-9-14-32(55)39-49-25-31(50-39)30-23-47-38(48-24-30)29-18-16-28(17-19-29)35-37(43(44,45)46)53-40(51-35)33-15-8-20-54(33)34(56)22-26-10-4-2-5-11-26/h2-7,10-13,16-19,23-25,32-33,36H,8-9,14-15,20-22H2,1H3,(H,49,50)(H,51,53)(H,52,58)/t32-,33-,36+/m0/s1. The number of hydrogen-bond donors (Lipinski definition) is 3. The first-order chi connectivity index (χ1) is 28.6. The van der Waals surface area contributed by atoms with Crippen LogP contribution >= 0.6 is 0 Å². The molecule has 16 heteroatoms. The molecular weight excluding hydrogens is 764 g/mol. The average Bonchev–Trinajstić information content (AvgIpc) is 4.10. The molecule has 2 saturated heterocycles. The molecule has 13 nitrogen and oxygen atoms in total. The molecular formula is C43H40F3N9O4. The summed E-state index contributed by atoms with van der Waals surface area (Å²) in [6, 6.07) is 22.7. The van der Waals surface area contributed by atoms with Crippen molar-refractivity contribution in [2.45, 2.75) is 56.4 Å². The van der Waals surface area contributed by atoms with Crippen molar-refractivity contribution in [3.8, 4) is 33.9 Å². The SMILES string of the molecule is COC(=O)N[C@@H](C(=O)N1CCC[C@H]1c1ncc(-c2cnc(-c3ccc(-c4nc([C@@H]5CCCN5C(=O)Cc5ccccc5)[nH]c4C(F)(F)F)cc3)nc2)[nH]1)c1ccccc1. The second kappa shape index (κ2) is 16.6. The maximum atomic E-state index is 14.4. The van der Waals surface area contributed by atoms with E-state index in [1.165, 1.54) is 7.11 Å². The molecule has 0 bridgehead atoms. The third-order valence-electron chi connectivity index (χ3n) is 10.7. The lowest BCUT2D eigenvalue weighted by Gasteiger charge is -2.28. The molecule has 2 aliphatic rings. The molecule has 0 aliphatic carbocycles. The van der Waals surface area contributed by atoms with Gasteiger partial charge in [0.05, 0.1) is 37.5 Å². The fourth-order valence-corrected chi connectivity index (χ4v) is 7.82. The Hall–Kier alpha value is -6.84. The largest absolute Gasteiger partial charge is 0.453 e. The summed E-state index contributed by atoms with van der Waals surface area (Å²) < 4.78 is 47.9. The summed E-state index contributed by atoms with van der Waals surface area (Å²) in [5, 5.41) is 2.66. The molecule has 3 aromatic carbocycles. The van der Waals surface area contributed by atoms with Gasteiger partial charge >= 0.3 is 12.3 Å². The highest BCUT2D eigenvalue weighted by Crippen LogP contribution is 2.40. The molecule has 0 saturated carbocycles. The van der Waals surface area contributed by atoms with Crippen LogP contribution in [0.15, 0.2) is 104 Å². The number of halogens is 3. The summed E-state index contributed by atoms with van der Waals surface area (Å²) in [6.45, 7) is 0.923. The highest BCUT2D eigenvalue weighted by Gasteiger charge is 2.41. The molecule has 0 unspecified atom stereocenters. The number of alkyl halides is 3. The topological polar surface area (TPSA) is 162 Å². The average molecular weight is 804 g/mol. The third-order valence-corrected chi connectivity index (χ3v) is 10.7. The molecule has 2 fully saturated rings. The maximum absolute atomic E-state index is 14.4. The van der Waals surface area contributed by atoms with Crippen LogP contribution in [-0.4, -0.2) is 77.8 Å². The molecule has 3 N–H and O–H groups in total. The van der Waals surface area contributed by atoms with Gasteiger partial charge in [-0.05, 0) is 36.8 Å². The predicted octanol–water partition coefficient (Wildman–Crippen LogP) is 7.61. The van der Waals surface area contributed by atoms with E-state index in [1.54, 1.807) is 76.9 Å². The zero-order valence-electron chi connectivity index (χ0n) is 31.9. The molecule has 5 heterocycles. The number of carbonyl (C=O) groups excluding carboxylic acids is 3. The van der Waals surface area contributed by atoms with Gasteiger partial charge in [-0.15, -0.1) is 0 Å². The van der Waals surface area contributed by atoms with E-state index in [0.29, 0.717) is 66.4 Å². The molecule has 6 aromatic rings. The minimum atomic E-state index is -4.71. The van der Waals surface area contributed by atoms with E-state index in [9.17, 15) is 27.6 Å². The highest BCUT2D eigenvalue weighted by atomic mass is 19.4. The van der Waals surface area contributed by atoms with Gasteiger partial charge in [-0.1, -0.05) is 84.9 Å². The Bertz CT molecular complexity index is 2420. The van der Waals surface area contributed by atoms with E-state index in [1.807, 2.05) is 36.4 Å². The molecule has 8 rings (SSSR count). The molecule has 0 spiro atoms. The van der Waals surface area contributed by atoms with Crippen molar-refractivity contribution in [1.29, 1.82) is 0 Å². The number of rotatable bonds is 10. The van der Waals surface area contributed by atoms with Gasteiger partial charge in [0.1, 0.15) is 29.1 Å². The van der Waals surface area contributed by atoms with E-state index in [-0.39, 0.29) is 41.4 Å². The first-order valence-corrected chi connectivity index (χ1v) is 19.3. The van der Waals surface area contributed by atoms with Gasteiger partial charge in [0, 0.05) is 42.2 Å². The van der Waals surface area contributed by atoms with Crippen molar-refractivity contribution >= 4 is 17.9 Å². The lowest BCUT2D eigenvalue weighted by Crippen LogP contribution is -2.42. The van der Waals surface area contributed by atoms with Crippen LogP contribution in [0.3, 0.4) is 0 Å². The van der Waals surface area contributed by atoms with Gasteiger partial charge in [-0.25, -0.2) is 24.7 Å². The minimum absolute atomic E-state index is 0.107. The molecule has 2 aliphatic heterocycles. The summed E-state index contributed by atoms with van der Waals surface area (Å²) in [4.78, 5) is 66.5. The van der Waals surface area contributed by atoms with Crippen molar-refractivity contribution in [3.63, 3.8) is 0 Å². The van der Waals surface area contributed by atoms with E-state index in [0.717, 1.165) is 12.0 Å². The van der Waals surface area contributed by atoms with Crippen LogP contribution < -0.4 is 5.32 Å². The second-order valence-corrected chi connectivity index (χ2v) is 14.5. The van der Waals surface area contributed by atoms with Gasteiger partial charge < -0.3 is 29.8 Å². The number of amides is 3. The molecule has 59 heavy (non-hydrogen) atoms. The number of aromatic amines is 2. The number of carbonyl (C=O) groups is 3. The Kier molecular flexibility index (Phi) is 10.9. The fraction of sp³-hybridized carbons (Fsp3) is 0.279. The lowest BCUT2D eigenvalue weighted by atomic mass is 10.1. The number of ether oxygens (including phenoxy) is 1. The number of aromatic nitrogens is 6.